The average Bonchev–Trinajstić information content (AvgIpc) is 2.58. The van der Waals surface area contributed by atoms with Crippen LogP contribution in [0, 0.1) is 0 Å². The highest BCUT2D eigenvalue weighted by atomic mass is 35.5. The molecule has 1 aromatic carbocycles. The van der Waals surface area contributed by atoms with E-state index in [0.717, 1.165) is 18.8 Å². The first-order chi connectivity index (χ1) is 11.1. The molecule has 0 radical (unpaired) electrons. The molecule has 0 bridgehead atoms. The van der Waals surface area contributed by atoms with Gasteiger partial charge in [-0.3, -0.25) is 9.59 Å². The van der Waals surface area contributed by atoms with Crippen LogP contribution in [-0.2, 0) is 9.59 Å². The van der Waals surface area contributed by atoms with Gasteiger partial charge in [0.2, 0.25) is 11.8 Å². The second kappa shape index (κ2) is 8.74. The van der Waals surface area contributed by atoms with E-state index in [1.54, 1.807) is 4.90 Å². The second-order valence-corrected chi connectivity index (χ2v) is 5.95. The van der Waals surface area contributed by atoms with Gasteiger partial charge in [0, 0.05) is 43.3 Å². The first kappa shape index (κ1) is 17.6. The number of anilines is 1. The fraction of sp³-hybridized carbons (Fsp3) is 0.500. The van der Waals surface area contributed by atoms with Crippen LogP contribution in [0.2, 0.25) is 5.02 Å². The highest BCUT2D eigenvalue weighted by Gasteiger charge is 2.21. The fourth-order valence-electron chi connectivity index (χ4n) is 2.50. The van der Waals surface area contributed by atoms with E-state index in [9.17, 15) is 9.59 Å². The Bertz CT molecular complexity index is 527. The maximum atomic E-state index is 12.1. The first-order valence-electron chi connectivity index (χ1n) is 7.85. The number of nitrogens with two attached hydrogens (primary N) is 1. The van der Waals surface area contributed by atoms with Crippen molar-refractivity contribution in [2.24, 2.45) is 5.73 Å². The highest BCUT2D eigenvalue weighted by Crippen LogP contribution is 2.19. The SMILES string of the molecule is NCCCC(=O)NCC(=O)N1CCN(c2ccc(Cl)cc2)CC1. The number of rotatable bonds is 6. The summed E-state index contributed by atoms with van der Waals surface area (Å²) in [4.78, 5) is 27.6. The summed E-state index contributed by atoms with van der Waals surface area (Å²) in [7, 11) is 0. The van der Waals surface area contributed by atoms with E-state index in [4.69, 9.17) is 17.3 Å². The molecule has 1 aliphatic rings. The molecule has 23 heavy (non-hydrogen) atoms. The molecule has 0 spiro atoms. The van der Waals surface area contributed by atoms with Gasteiger partial charge in [-0.2, -0.15) is 0 Å². The van der Waals surface area contributed by atoms with E-state index in [1.807, 2.05) is 24.3 Å². The minimum Gasteiger partial charge on any atom is -0.368 e. The van der Waals surface area contributed by atoms with Gasteiger partial charge >= 0.3 is 0 Å². The van der Waals surface area contributed by atoms with E-state index < -0.39 is 0 Å². The molecular formula is C16H23ClN4O2. The van der Waals surface area contributed by atoms with Crippen molar-refractivity contribution < 1.29 is 9.59 Å². The Morgan fingerprint density at radius 2 is 1.78 bits per heavy atom. The Balaban J connectivity index is 1.74. The summed E-state index contributed by atoms with van der Waals surface area (Å²) < 4.78 is 0. The first-order valence-corrected chi connectivity index (χ1v) is 8.23. The van der Waals surface area contributed by atoms with Crippen LogP contribution in [0.5, 0.6) is 0 Å². The minimum atomic E-state index is -0.122. The van der Waals surface area contributed by atoms with E-state index >= 15 is 0 Å². The van der Waals surface area contributed by atoms with Crippen LogP contribution in [0.25, 0.3) is 0 Å². The van der Waals surface area contributed by atoms with Crippen LogP contribution in [0.15, 0.2) is 24.3 Å². The minimum absolute atomic E-state index is 0.0399. The number of piperazine rings is 1. The van der Waals surface area contributed by atoms with Gasteiger partial charge in [0.1, 0.15) is 0 Å². The number of carbonyl (C=O) groups excluding carboxylic acids is 2. The number of benzene rings is 1. The number of hydrogen-bond donors (Lipinski definition) is 2. The van der Waals surface area contributed by atoms with Crippen molar-refractivity contribution >= 4 is 29.1 Å². The van der Waals surface area contributed by atoms with Gasteiger partial charge in [0.15, 0.2) is 0 Å². The third-order valence-electron chi connectivity index (χ3n) is 3.87. The molecule has 0 saturated carbocycles. The maximum absolute atomic E-state index is 12.1. The lowest BCUT2D eigenvalue weighted by molar-refractivity contribution is -0.133. The molecule has 6 nitrogen and oxygen atoms in total. The number of hydrogen-bond acceptors (Lipinski definition) is 4. The standard InChI is InChI=1S/C16H23ClN4O2/c17-13-3-5-14(6-4-13)20-8-10-21(11-9-20)16(23)12-19-15(22)2-1-7-18/h3-6H,1-2,7-12,18H2,(H,19,22). The third kappa shape index (κ3) is 5.41. The molecule has 3 N–H and O–H groups in total. The lowest BCUT2D eigenvalue weighted by Gasteiger charge is -2.36. The summed E-state index contributed by atoms with van der Waals surface area (Å²) in [6.45, 7) is 3.39. The zero-order chi connectivity index (χ0) is 16.7. The second-order valence-electron chi connectivity index (χ2n) is 5.51. The van der Waals surface area contributed by atoms with Crippen LogP contribution >= 0.6 is 11.6 Å². The Labute approximate surface area is 141 Å². The van der Waals surface area contributed by atoms with E-state index in [1.165, 1.54) is 0 Å². The Kier molecular flexibility index (Phi) is 6.67. The van der Waals surface area contributed by atoms with Crippen LogP contribution in [0.4, 0.5) is 5.69 Å². The van der Waals surface area contributed by atoms with Crippen LogP contribution in [-0.4, -0.2) is 56.0 Å². The predicted octanol–water partition coefficient (Wildman–Crippen LogP) is 0.844. The van der Waals surface area contributed by atoms with Gasteiger partial charge < -0.3 is 20.9 Å². The van der Waals surface area contributed by atoms with Gasteiger partial charge in [-0.1, -0.05) is 11.6 Å². The normalized spacial score (nSPS) is 14.7. The molecule has 1 fully saturated rings. The van der Waals surface area contributed by atoms with E-state index in [0.29, 0.717) is 37.5 Å². The summed E-state index contributed by atoms with van der Waals surface area (Å²) in [6.07, 6.45) is 1.01. The molecular weight excluding hydrogens is 316 g/mol. The number of halogens is 1. The average molecular weight is 339 g/mol. The highest BCUT2D eigenvalue weighted by molar-refractivity contribution is 6.30. The van der Waals surface area contributed by atoms with Gasteiger partial charge in [-0.15, -0.1) is 0 Å². The molecule has 0 aliphatic carbocycles. The third-order valence-corrected chi connectivity index (χ3v) is 4.12. The van der Waals surface area contributed by atoms with Crippen molar-refractivity contribution in [2.75, 3.05) is 44.2 Å². The van der Waals surface area contributed by atoms with Gasteiger partial charge in [-0.25, -0.2) is 0 Å². The maximum Gasteiger partial charge on any atom is 0.242 e. The predicted molar refractivity (Wildman–Crippen MR) is 91.5 cm³/mol. The van der Waals surface area contributed by atoms with Gasteiger partial charge in [0.25, 0.3) is 0 Å². The Hall–Kier alpha value is -1.79. The van der Waals surface area contributed by atoms with Crippen LogP contribution < -0.4 is 16.0 Å². The smallest absolute Gasteiger partial charge is 0.242 e. The van der Waals surface area contributed by atoms with Crippen molar-refractivity contribution in [2.45, 2.75) is 12.8 Å². The van der Waals surface area contributed by atoms with Crippen LogP contribution in [0.3, 0.4) is 0 Å². The van der Waals surface area contributed by atoms with Crippen molar-refractivity contribution in [1.82, 2.24) is 10.2 Å². The van der Waals surface area contributed by atoms with E-state index in [-0.39, 0.29) is 18.4 Å². The van der Waals surface area contributed by atoms with Crippen molar-refractivity contribution in [1.29, 1.82) is 0 Å². The molecule has 2 rings (SSSR count). The zero-order valence-corrected chi connectivity index (χ0v) is 13.9. The monoisotopic (exact) mass is 338 g/mol. The number of amides is 2. The molecule has 0 unspecified atom stereocenters. The molecule has 2 amide bonds. The molecule has 1 saturated heterocycles. The lowest BCUT2D eigenvalue weighted by Crippen LogP contribution is -2.51. The quantitative estimate of drug-likeness (QED) is 0.805. The zero-order valence-electron chi connectivity index (χ0n) is 13.1. The number of nitrogens with one attached hydrogen (secondary N) is 1. The summed E-state index contributed by atoms with van der Waals surface area (Å²) in [5.41, 5.74) is 6.46. The van der Waals surface area contributed by atoms with Crippen molar-refractivity contribution in [3.05, 3.63) is 29.3 Å². The molecule has 1 heterocycles. The molecule has 1 aliphatic heterocycles. The summed E-state index contributed by atoms with van der Waals surface area (Å²) >= 11 is 5.89. The fourth-order valence-corrected chi connectivity index (χ4v) is 2.63. The number of carbonyl (C=O) groups is 2. The lowest BCUT2D eigenvalue weighted by atomic mass is 10.2. The van der Waals surface area contributed by atoms with Crippen molar-refractivity contribution in [3.8, 4) is 0 Å². The van der Waals surface area contributed by atoms with Crippen molar-refractivity contribution in [3.63, 3.8) is 0 Å². The van der Waals surface area contributed by atoms with E-state index in [2.05, 4.69) is 10.2 Å². The Morgan fingerprint density at radius 1 is 1.13 bits per heavy atom. The van der Waals surface area contributed by atoms with Gasteiger partial charge in [0.05, 0.1) is 6.54 Å². The largest absolute Gasteiger partial charge is 0.368 e. The number of nitrogens with zero attached hydrogens (tertiary/aromatic N) is 2. The molecule has 0 aromatic heterocycles. The molecule has 0 atom stereocenters. The molecule has 126 valence electrons. The molecule has 1 aromatic rings. The summed E-state index contributed by atoms with van der Waals surface area (Å²) in [6, 6.07) is 7.70. The molecule has 7 heteroatoms. The summed E-state index contributed by atoms with van der Waals surface area (Å²) in [5.74, 6) is -0.162. The topological polar surface area (TPSA) is 78.7 Å². The Morgan fingerprint density at radius 3 is 2.39 bits per heavy atom. The van der Waals surface area contributed by atoms with Gasteiger partial charge in [-0.05, 0) is 37.2 Å². The van der Waals surface area contributed by atoms with Crippen LogP contribution in [0.1, 0.15) is 12.8 Å². The summed E-state index contributed by atoms with van der Waals surface area (Å²) in [5, 5.41) is 3.37.